The monoisotopic (exact) mass is 438 g/mol. The molecule has 1 heterocycles. The van der Waals surface area contributed by atoms with Gasteiger partial charge in [0.05, 0.1) is 23.2 Å². The van der Waals surface area contributed by atoms with Crippen molar-refractivity contribution in [2.45, 2.75) is 20.0 Å². The van der Waals surface area contributed by atoms with Gasteiger partial charge in [0, 0.05) is 21.3 Å². The van der Waals surface area contributed by atoms with E-state index in [2.05, 4.69) is 0 Å². The molecule has 30 heavy (non-hydrogen) atoms. The van der Waals surface area contributed by atoms with Crippen molar-refractivity contribution >= 4 is 23.2 Å². The van der Waals surface area contributed by atoms with Crippen LogP contribution in [0.4, 0.5) is 0 Å². The average molecular weight is 439 g/mol. The predicted octanol–water partition coefficient (Wildman–Crippen LogP) is 5.96. The van der Waals surface area contributed by atoms with Crippen LogP contribution in [0.3, 0.4) is 0 Å². The molecule has 1 aromatic heterocycles. The molecule has 152 valence electrons. The maximum absolute atomic E-state index is 13.6. The fourth-order valence-electron chi connectivity index (χ4n) is 3.61. The lowest BCUT2D eigenvalue weighted by Crippen LogP contribution is -2.22. The molecule has 3 aromatic carbocycles. The van der Waals surface area contributed by atoms with Crippen molar-refractivity contribution in [3.8, 4) is 22.6 Å². The van der Waals surface area contributed by atoms with Crippen molar-refractivity contribution in [1.82, 2.24) is 9.13 Å². The van der Waals surface area contributed by atoms with Crippen molar-refractivity contribution < 1.29 is 5.11 Å². The summed E-state index contributed by atoms with van der Waals surface area (Å²) in [6, 6.07) is 21.9. The van der Waals surface area contributed by atoms with Gasteiger partial charge in [0.1, 0.15) is 0 Å². The van der Waals surface area contributed by atoms with E-state index in [1.165, 1.54) is 0 Å². The number of imidazole rings is 1. The minimum atomic E-state index is -0.612. The topological polar surface area (TPSA) is 47.2 Å². The highest BCUT2D eigenvalue weighted by atomic mass is 35.5. The van der Waals surface area contributed by atoms with Crippen LogP contribution >= 0.6 is 23.2 Å². The highest BCUT2D eigenvalue weighted by Gasteiger charge is 2.21. The third-order valence-electron chi connectivity index (χ3n) is 5.10. The Hall–Kier alpha value is -2.79. The standard InChI is InChI=1S/C24H20Cl2N2O2/c1-15-23(18-5-3-4-17(14-18)16(2)29)28(22-12-8-20(26)9-13-22)24(30)27(15)21-10-6-19(25)7-11-21/h3-14,16,29H,1-2H3. The fraction of sp³-hybridized carbons (Fsp3) is 0.125. The second-order valence-corrected chi connectivity index (χ2v) is 8.01. The Morgan fingerprint density at radius 3 is 1.90 bits per heavy atom. The quantitative estimate of drug-likeness (QED) is 0.426. The van der Waals surface area contributed by atoms with Gasteiger partial charge in [-0.1, -0.05) is 41.4 Å². The Bertz CT molecular complexity index is 1250. The summed E-state index contributed by atoms with van der Waals surface area (Å²) < 4.78 is 3.33. The van der Waals surface area contributed by atoms with Gasteiger partial charge in [-0.25, -0.2) is 4.79 Å². The maximum Gasteiger partial charge on any atom is 0.338 e. The largest absolute Gasteiger partial charge is 0.389 e. The van der Waals surface area contributed by atoms with E-state index < -0.39 is 6.10 Å². The van der Waals surface area contributed by atoms with Crippen LogP contribution in [0.5, 0.6) is 0 Å². The van der Waals surface area contributed by atoms with Crippen LogP contribution in [0, 0.1) is 6.92 Å². The molecule has 0 amide bonds. The molecule has 1 N–H and O–H groups in total. The van der Waals surface area contributed by atoms with Gasteiger partial charge in [-0.3, -0.25) is 9.13 Å². The molecule has 0 fully saturated rings. The van der Waals surface area contributed by atoms with Gasteiger partial charge in [0.2, 0.25) is 0 Å². The molecule has 0 saturated carbocycles. The first kappa shape index (κ1) is 20.5. The minimum absolute atomic E-state index is 0.199. The molecule has 0 bridgehead atoms. The van der Waals surface area contributed by atoms with Gasteiger partial charge in [-0.05, 0) is 74.0 Å². The predicted molar refractivity (Wildman–Crippen MR) is 122 cm³/mol. The van der Waals surface area contributed by atoms with Crippen molar-refractivity contribution in [2.75, 3.05) is 0 Å². The summed E-state index contributed by atoms with van der Waals surface area (Å²) in [5.41, 5.74) is 4.38. The van der Waals surface area contributed by atoms with Gasteiger partial charge < -0.3 is 5.11 Å². The van der Waals surface area contributed by atoms with E-state index in [-0.39, 0.29) is 5.69 Å². The summed E-state index contributed by atoms with van der Waals surface area (Å²) in [6.45, 7) is 3.63. The Labute approximate surface area is 184 Å². The number of hydrogen-bond donors (Lipinski definition) is 1. The van der Waals surface area contributed by atoms with Gasteiger partial charge in [-0.15, -0.1) is 0 Å². The van der Waals surface area contributed by atoms with Gasteiger partial charge in [0.25, 0.3) is 0 Å². The van der Waals surface area contributed by atoms with Gasteiger partial charge in [-0.2, -0.15) is 0 Å². The first-order valence-electron chi connectivity index (χ1n) is 9.51. The molecular weight excluding hydrogens is 419 g/mol. The number of nitrogens with zero attached hydrogens (tertiary/aromatic N) is 2. The zero-order chi connectivity index (χ0) is 21.4. The SMILES string of the molecule is Cc1c(-c2cccc(C(C)O)c2)n(-c2ccc(Cl)cc2)c(=O)n1-c1ccc(Cl)cc1. The Morgan fingerprint density at radius 1 is 0.833 bits per heavy atom. The molecular formula is C24H20Cl2N2O2. The number of aliphatic hydroxyl groups excluding tert-OH is 1. The summed E-state index contributed by atoms with van der Waals surface area (Å²) in [7, 11) is 0. The zero-order valence-corrected chi connectivity index (χ0v) is 18.0. The van der Waals surface area contributed by atoms with E-state index in [9.17, 15) is 9.90 Å². The second-order valence-electron chi connectivity index (χ2n) is 7.14. The molecule has 0 aliphatic heterocycles. The smallest absolute Gasteiger partial charge is 0.338 e. The average Bonchev–Trinajstić information content (AvgIpc) is 3.00. The highest BCUT2D eigenvalue weighted by Crippen LogP contribution is 2.30. The van der Waals surface area contributed by atoms with Crippen LogP contribution < -0.4 is 5.69 Å². The number of aliphatic hydroxyl groups is 1. The van der Waals surface area contributed by atoms with E-state index in [1.54, 1.807) is 40.3 Å². The lowest BCUT2D eigenvalue weighted by atomic mass is 10.0. The van der Waals surface area contributed by atoms with Crippen LogP contribution in [0.2, 0.25) is 10.0 Å². The van der Waals surface area contributed by atoms with Crippen molar-refractivity contribution in [1.29, 1.82) is 0 Å². The van der Waals surface area contributed by atoms with Crippen LogP contribution in [0.25, 0.3) is 22.6 Å². The molecule has 1 unspecified atom stereocenters. The first-order chi connectivity index (χ1) is 14.4. The second kappa shape index (κ2) is 8.15. The maximum atomic E-state index is 13.6. The summed E-state index contributed by atoms with van der Waals surface area (Å²) in [5.74, 6) is 0. The molecule has 4 aromatic rings. The van der Waals surface area contributed by atoms with Crippen molar-refractivity contribution in [2.24, 2.45) is 0 Å². The van der Waals surface area contributed by atoms with Crippen LogP contribution in [0.1, 0.15) is 24.3 Å². The molecule has 6 heteroatoms. The van der Waals surface area contributed by atoms with E-state index in [4.69, 9.17) is 23.2 Å². The Morgan fingerprint density at radius 2 is 1.37 bits per heavy atom. The third kappa shape index (κ3) is 3.70. The van der Waals surface area contributed by atoms with Crippen LogP contribution in [-0.4, -0.2) is 14.2 Å². The number of rotatable bonds is 4. The summed E-state index contributed by atoms with van der Waals surface area (Å²) in [5, 5.41) is 11.2. The van der Waals surface area contributed by atoms with Crippen LogP contribution in [0.15, 0.2) is 77.6 Å². The van der Waals surface area contributed by atoms with E-state index >= 15 is 0 Å². The van der Waals surface area contributed by atoms with Crippen molar-refractivity contribution in [3.63, 3.8) is 0 Å². The molecule has 0 aliphatic carbocycles. The summed E-state index contributed by atoms with van der Waals surface area (Å²) in [6.07, 6.45) is -0.612. The molecule has 4 nitrogen and oxygen atoms in total. The number of halogens is 2. The number of aromatic nitrogens is 2. The minimum Gasteiger partial charge on any atom is -0.389 e. The van der Waals surface area contributed by atoms with E-state index in [0.717, 1.165) is 28.2 Å². The van der Waals surface area contributed by atoms with Crippen molar-refractivity contribution in [3.05, 3.63) is 105 Å². The molecule has 0 aliphatic rings. The van der Waals surface area contributed by atoms with Gasteiger partial charge in [0.15, 0.2) is 0 Å². The number of benzene rings is 3. The molecule has 4 rings (SSSR count). The molecule has 1 atom stereocenters. The zero-order valence-electron chi connectivity index (χ0n) is 16.5. The highest BCUT2D eigenvalue weighted by molar-refractivity contribution is 6.30. The lowest BCUT2D eigenvalue weighted by molar-refractivity contribution is 0.199. The van der Waals surface area contributed by atoms with E-state index in [1.807, 2.05) is 55.5 Å². The number of hydrogen-bond acceptors (Lipinski definition) is 2. The van der Waals surface area contributed by atoms with Gasteiger partial charge >= 0.3 is 5.69 Å². The Kier molecular flexibility index (Phi) is 5.56. The first-order valence-corrected chi connectivity index (χ1v) is 10.3. The molecule has 0 radical (unpaired) electrons. The molecule has 0 spiro atoms. The lowest BCUT2D eigenvalue weighted by Gasteiger charge is -2.11. The third-order valence-corrected chi connectivity index (χ3v) is 5.60. The molecule has 0 saturated heterocycles. The van der Waals surface area contributed by atoms with E-state index in [0.29, 0.717) is 15.7 Å². The Balaban J connectivity index is 2.04. The normalized spacial score (nSPS) is 12.2. The summed E-state index contributed by atoms with van der Waals surface area (Å²) in [4.78, 5) is 13.6. The van der Waals surface area contributed by atoms with Crippen LogP contribution in [-0.2, 0) is 0 Å². The fourth-order valence-corrected chi connectivity index (χ4v) is 3.87. The summed E-state index contributed by atoms with van der Waals surface area (Å²) >= 11 is 12.1.